The van der Waals surface area contributed by atoms with Crippen LogP contribution in [0.2, 0.25) is 0 Å². The van der Waals surface area contributed by atoms with Gasteiger partial charge in [-0.1, -0.05) is 0 Å². The van der Waals surface area contributed by atoms with Crippen molar-refractivity contribution in [1.82, 2.24) is 24.4 Å². The zero-order valence-electron chi connectivity index (χ0n) is 15.1. The van der Waals surface area contributed by atoms with Gasteiger partial charge in [0.1, 0.15) is 0 Å². The van der Waals surface area contributed by atoms with E-state index in [4.69, 9.17) is 0 Å². The Balaban J connectivity index is 1.44. The van der Waals surface area contributed by atoms with Crippen molar-refractivity contribution < 1.29 is 9.59 Å². The SMILES string of the molecule is Cc1cc2nc(C3CCN(C(=O)C4CC(=O)N(C)C4)CC3)cc(=O)n2[nH]1. The second-order valence-electron chi connectivity index (χ2n) is 7.43. The summed E-state index contributed by atoms with van der Waals surface area (Å²) in [4.78, 5) is 44.7. The van der Waals surface area contributed by atoms with Crippen molar-refractivity contribution in [1.29, 1.82) is 0 Å². The molecule has 0 aliphatic carbocycles. The maximum Gasteiger partial charge on any atom is 0.272 e. The molecule has 0 radical (unpaired) electrons. The number of nitrogens with one attached hydrogen (secondary N) is 1. The zero-order valence-corrected chi connectivity index (χ0v) is 15.1. The van der Waals surface area contributed by atoms with Crippen LogP contribution in [0, 0.1) is 12.8 Å². The van der Waals surface area contributed by atoms with Gasteiger partial charge in [0.2, 0.25) is 11.8 Å². The van der Waals surface area contributed by atoms with Crippen LogP contribution in [-0.4, -0.2) is 62.9 Å². The Morgan fingerprint density at radius 1 is 1.23 bits per heavy atom. The fourth-order valence-corrected chi connectivity index (χ4v) is 4.02. The molecule has 2 aromatic heterocycles. The Morgan fingerprint density at radius 2 is 1.96 bits per heavy atom. The van der Waals surface area contributed by atoms with E-state index in [0.29, 0.717) is 31.7 Å². The predicted octanol–water partition coefficient (Wildman–Crippen LogP) is 0.515. The van der Waals surface area contributed by atoms with Gasteiger partial charge >= 0.3 is 0 Å². The molecule has 0 spiro atoms. The summed E-state index contributed by atoms with van der Waals surface area (Å²) in [6.45, 7) is 3.69. The first kappa shape index (κ1) is 16.8. The fraction of sp³-hybridized carbons (Fsp3) is 0.556. The van der Waals surface area contributed by atoms with E-state index in [0.717, 1.165) is 24.2 Å². The van der Waals surface area contributed by atoms with Crippen molar-refractivity contribution in [2.75, 3.05) is 26.7 Å². The lowest BCUT2D eigenvalue weighted by molar-refractivity contribution is -0.136. The normalized spacial score (nSPS) is 21.8. The van der Waals surface area contributed by atoms with E-state index in [1.165, 1.54) is 4.52 Å². The number of aryl methyl sites for hydroxylation is 1. The summed E-state index contributed by atoms with van der Waals surface area (Å²) in [5, 5.41) is 2.97. The van der Waals surface area contributed by atoms with Crippen LogP contribution in [0.3, 0.4) is 0 Å². The monoisotopic (exact) mass is 357 g/mol. The molecule has 2 aromatic rings. The number of fused-ring (bicyclic) bond motifs is 1. The molecule has 8 nitrogen and oxygen atoms in total. The molecular formula is C18H23N5O3. The number of H-pyrrole nitrogens is 1. The van der Waals surface area contributed by atoms with E-state index in [2.05, 4.69) is 10.1 Å². The molecule has 2 fully saturated rings. The number of rotatable bonds is 2. The van der Waals surface area contributed by atoms with Gasteiger partial charge in [0, 0.05) is 56.8 Å². The lowest BCUT2D eigenvalue weighted by atomic mass is 9.92. The molecule has 1 atom stereocenters. The third-order valence-electron chi connectivity index (χ3n) is 5.51. The molecule has 26 heavy (non-hydrogen) atoms. The maximum absolute atomic E-state index is 12.6. The van der Waals surface area contributed by atoms with E-state index in [1.807, 2.05) is 17.9 Å². The Bertz CT molecular complexity index is 923. The predicted molar refractivity (Wildman–Crippen MR) is 94.8 cm³/mol. The summed E-state index contributed by atoms with van der Waals surface area (Å²) in [6, 6.07) is 3.45. The van der Waals surface area contributed by atoms with E-state index < -0.39 is 0 Å². The number of piperidine rings is 1. The Hall–Kier alpha value is -2.64. The topological polar surface area (TPSA) is 90.8 Å². The van der Waals surface area contributed by atoms with Crippen molar-refractivity contribution in [2.45, 2.75) is 32.1 Å². The minimum Gasteiger partial charge on any atom is -0.345 e. The summed E-state index contributed by atoms with van der Waals surface area (Å²) in [5.74, 6) is 0.0785. The van der Waals surface area contributed by atoms with Crippen LogP contribution in [0.15, 0.2) is 16.9 Å². The van der Waals surface area contributed by atoms with Crippen molar-refractivity contribution >= 4 is 17.5 Å². The number of hydrogen-bond acceptors (Lipinski definition) is 4. The highest BCUT2D eigenvalue weighted by molar-refractivity contribution is 5.89. The summed E-state index contributed by atoms with van der Waals surface area (Å²) in [6.07, 6.45) is 1.89. The highest BCUT2D eigenvalue weighted by atomic mass is 16.2. The highest BCUT2D eigenvalue weighted by Crippen LogP contribution is 2.28. The van der Waals surface area contributed by atoms with E-state index in [9.17, 15) is 14.4 Å². The molecule has 0 bridgehead atoms. The minimum absolute atomic E-state index is 0.0398. The minimum atomic E-state index is -0.217. The first-order valence-corrected chi connectivity index (χ1v) is 9.04. The second kappa shape index (κ2) is 6.26. The Kier molecular flexibility index (Phi) is 4.05. The van der Waals surface area contributed by atoms with Gasteiger partial charge in [-0.2, -0.15) is 0 Å². The molecule has 0 saturated carbocycles. The summed E-state index contributed by atoms with van der Waals surface area (Å²) >= 11 is 0. The van der Waals surface area contributed by atoms with Crippen LogP contribution in [0.5, 0.6) is 0 Å². The van der Waals surface area contributed by atoms with Gasteiger partial charge in [0.25, 0.3) is 5.56 Å². The van der Waals surface area contributed by atoms with Gasteiger partial charge in [-0.3, -0.25) is 19.5 Å². The third kappa shape index (κ3) is 2.89. The smallest absolute Gasteiger partial charge is 0.272 e. The van der Waals surface area contributed by atoms with Crippen LogP contribution < -0.4 is 5.56 Å². The Morgan fingerprint density at radius 3 is 2.62 bits per heavy atom. The number of amides is 2. The number of nitrogens with zero attached hydrogens (tertiary/aromatic N) is 4. The van der Waals surface area contributed by atoms with E-state index in [-0.39, 0.29) is 29.2 Å². The van der Waals surface area contributed by atoms with Crippen molar-refractivity contribution in [3.8, 4) is 0 Å². The highest BCUT2D eigenvalue weighted by Gasteiger charge is 2.36. The number of aromatic nitrogens is 3. The van der Waals surface area contributed by atoms with Gasteiger partial charge in [0.05, 0.1) is 11.6 Å². The quantitative estimate of drug-likeness (QED) is 0.848. The molecule has 2 aliphatic rings. The molecule has 2 saturated heterocycles. The van der Waals surface area contributed by atoms with Crippen LogP contribution in [0.1, 0.15) is 36.6 Å². The van der Waals surface area contributed by atoms with Gasteiger partial charge < -0.3 is 9.80 Å². The van der Waals surface area contributed by atoms with Crippen molar-refractivity contribution in [3.63, 3.8) is 0 Å². The average Bonchev–Trinajstić information content (AvgIpc) is 3.16. The molecule has 138 valence electrons. The third-order valence-corrected chi connectivity index (χ3v) is 5.51. The zero-order chi connectivity index (χ0) is 18.4. The van der Waals surface area contributed by atoms with E-state index >= 15 is 0 Å². The lowest BCUT2D eigenvalue weighted by Crippen LogP contribution is -2.42. The molecule has 1 N–H and O–H groups in total. The molecular weight excluding hydrogens is 334 g/mol. The van der Waals surface area contributed by atoms with Gasteiger partial charge in [0.15, 0.2) is 5.65 Å². The van der Waals surface area contributed by atoms with Crippen LogP contribution in [0.4, 0.5) is 0 Å². The number of hydrogen-bond donors (Lipinski definition) is 1. The van der Waals surface area contributed by atoms with Gasteiger partial charge in [-0.25, -0.2) is 9.50 Å². The molecule has 2 amide bonds. The van der Waals surface area contributed by atoms with Crippen molar-refractivity contribution in [3.05, 3.63) is 33.9 Å². The molecule has 1 unspecified atom stereocenters. The molecule has 4 heterocycles. The summed E-state index contributed by atoms with van der Waals surface area (Å²) in [5.41, 5.74) is 2.22. The van der Waals surface area contributed by atoms with E-state index in [1.54, 1.807) is 18.0 Å². The fourth-order valence-electron chi connectivity index (χ4n) is 4.02. The van der Waals surface area contributed by atoms with Crippen LogP contribution in [0.25, 0.3) is 5.65 Å². The lowest BCUT2D eigenvalue weighted by Gasteiger charge is -2.33. The van der Waals surface area contributed by atoms with Gasteiger partial charge in [-0.15, -0.1) is 0 Å². The second-order valence-corrected chi connectivity index (χ2v) is 7.43. The maximum atomic E-state index is 12.6. The average molecular weight is 357 g/mol. The van der Waals surface area contributed by atoms with Crippen LogP contribution >= 0.6 is 0 Å². The summed E-state index contributed by atoms with van der Waals surface area (Å²) < 4.78 is 1.45. The first-order chi connectivity index (χ1) is 12.4. The van der Waals surface area contributed by atoms with Crippen molar-refractivity contribution in [2.24, 2.45) is 5.92 Å². The molecule has 8 heteroatoms. The van der Waals surface area contributed by atoms with Crippen LogP contribution in [-0.2, 0) is 9.59 Å². The number of aromatic amines is 1. The largest absolute Gasteiger partial charge is 0.345 e. The number of likely N-dealkylation sites (tertiary alicyclic amines) is 2. The van der Waals surface area contributed by atoms with Gasteiger partial charge in [-0.05, 0) is 19.8 Å². The molecule has 4 rings (SSSR count). The first-order valence-electron chi connectivity index (χ1n) is 9.04. The molecule has 2 aliphatic heterocycles. The number of carbonyl (C=O) groups excluding carboxylic acids is 2. The standard InChI is InChI=1S/C18H23N5O3/c1-11-7-15-19-14(9-17(25)23(15)20-11)12-3-5-22(6-4-12)18(26)13-8-16(24)21(2)10-13/h7,9,12-13,20H,3-6,8,10H2,1-2H3. The molecule has 0 aromatic carbocycles. The number of carbonyl (C=O) groups is 2. The Labute approximate surface area is 150 Å². The summed E-state index contributed by atoms with van der Waals surface area (Å²) in [7, 11) is 1.74.